The number of alkyl halides is 1. The minimum absolute atomic E-state index is 0.0904. The number of rotatable bonds is 4. The van der Waals surface area contributed by atoms with Crippen LogP contribution >= 0.6 is 11.6 Å². The van der Waals surface area contributed by atoms with E-state index in [4.69, 9.17) is 21.6 Å². The Morgan fingerprint density at radius 2 is 1.95 bits per heavy atom. The maximum Gasteiger partial charge on any atom is 0.312 e. The summed E-state index contributed by atoms with van der Waals surface area (Å²) in [5.74, 6) is 0.941. The topological polar surface area (TPSA) is 76.2 Å². The van der Waals surface area contributed by atoms with Crippen LogP contribution in [0.5, 0.6) is 11.5 Å². The van der Waals surface area contributed by atoms with Gasteiger partial charge in [-0.2, -0.15) is 5.26 Å². The lowest BCUT2D eigenvalue weighted by molar-refractivity contribution is -0.385. The molecule has 0 amide bonds. The van der Waals surface area contributed by atoms with E-state index in [1.807, 2.05) is 6.07 Å². The fourth-order valence-electron chi connectivity index (χ4n) is 1.59. The minimum atomic E-state index is -0.580. The van der Waals surface area contributed by atoms with Crippen LogP contribution in [0.15, 0.2) is 42.5 Å². The van der Waals surface area contributed by atoms with Crippen molar-refractivity contribution in [3.63, 3.8) is 0 Å². The first-order valence-electron chi connectivity index (χ1n) is 5.65. The van der Waals surface area contributed by atoms with Gasteiger partial charge in [0.1, 0.15) is 5.75 Å². The molecule has 0 saturated carbocycles. The van der Waals surface area contributed by atoms with Crippen LogP contribution in [0.4, 0.5) is 5.69 Å². The summed E-state index contributed by atoms with van der Waals surface area (Å²) in [5, 5.41) is 19.7. The molecular weight excluding hydrogens is 280 g/mol. The Bertz CT molecular complexity index is 678. The third-order valence-electron chi connectivity index (χ3n) is 2.59. The fourth-order valence-corrected chi connectivity index (χ4v) is 1.77. The Hall–Kier alpha value is -2.58. The lowest BCUT2D eigenvalue weighted by Crippen LogP contribution is -1.94. The first-order chi connectivity index (χ1) is 9.63. The van der Waals surface area contributed by atoms with Gasteiger partial charge in [0.05, 0.1) is 16.6 Å². The molecule has 0 radical (unpaired) electrons. The number of nitro benzene ring substituents is 1. The van der Waals surface area contributed by atoms with E-state index in [-0.39, 0.29) is 17.0 Å². The third-order valence-corrected chi connectivity index (χ3v) is 2.90. The molecule has 0 N–H and O–H groups in total. The van der Waals surface area contributed by atoms with Gasteiger partial charge < -0.3 is 4.74 Å². The SMILES string of the molecule is N#Cc1ccc(Oc2ccc(CCl)cc2)c([N+](=O)[O-])c1. The lowest BCUT2D eigenvalue weighted by Gasteiger charge is -2.07. The molecule has 0 fully saturated rings. The number of benzene rings is 2. The summed E-state index contributed by atoms with van der Waals surface area (Å²) in [7, 11) is 0. The van der Waals surface area contributed by atoms with Crippen molar-refractivity contribution in [1.29, 1.82) is 5.26 Å². The normalized spacial score (nSPS) is 9.80. The summed E-state index contributed by atoms with van der Waals surface area (Å²) >= 11 is 5.68. The average molecular weight is 289 g/mol. The summed E-state index contributed by atoms with van der Waals surface area (Å²) in [6.45, 7) is 0. The Balaban J connectivity index is 2.32. The first-order valence-corrected chi connectivity index (χ1v) is 6.19. The molecule has 0 aliphatic carbocycles. The van der Waals surface area contributed by atoms with E-state index < -0.39 is 4.92 Å². The predicted molar refractivity (Wildman–Crippen MR) is 73.9 cm³/mol. The molecule has 6 heteroatoms. The number of nitrogens with zero attached hydrogens (tertiary/aromatic N) is 2. The van der Waals surface area contributed by atoms with E-state index in [2.05, 4.69) is 0 Å². The van der Waals surface area contributed by atoms with Crippen molar-refractivity contribution >= 4 is 17.3 Å². The first kappa shape index (κ1) is 13.8. The molecule has 0 atom stereocenters. The second-order valence-corrected chi connectivity index (χ2v) is 4.20. The molecule has 5 nitrogen and oxygen atoms in total. The van der Waals surface area contributed by atoms with Crippen molar-refractivity contribution in [2.45, 2.75) is 5.88 Å². The maximum absolute atomic E-state index is 11.0. The van der Waals surface area contributed by atoms with Gasteiger partial charge >= 0.3 is 5.69 Å². The lowest BCUT2D eigenvalue weighted by atomic mass is 10.2. The molecule has 0 saturated heterocycles. The number of hydrogen-bond acceptors (Lipinski definition) is 4. The van der Waals surface area contributed by atoms with Crippen LogP contribution in [0, 0.1) is 21.4 Å². The maximum atomic E-state index is 11.0. The molecule has 0 aliphatic rings. The highest BCUT2D eigenvalue weighted by Crippen LogP contribution is 2.32. The zero-order valence-electron chi connectivity index (χ0n) is 10.2. The van der Waals surface area contributed by atoms with E-state index in [1.54, 1.807) is 24.3 Å². The minimum Gasteiger partial charge on any atom is -0.450 e. The van der Waals surface area contributed by atoms with Crippen LogP contribution in [0.2, 0.25) is 0 Å². The highest BCUT2D eigenvalue weighted by atomic mass is 35.5. The van der Waals surface area contributed by atoms with Crippen molar-refractivity contribution in [2.24, 2.45) is 0 Å². The Kier molecular flexibility index (Phi) is 4.18. The van der Waals surface area contributed by atoms with Gasteiger partial charge in [0, 0.05) is 11.9 Å². The van der Waals surface area contributed by atoms with Gasteiger partial charge in [0.25, 0.3) is 0 Å². The summed E-state index contributed by atoms with van der Waals surface area (Å²) in [4.78, 5) is 10.4. The summed E-state index contributed by atoms with van der Waals surface area (Å²) in [5.41, 5.74) is 0.889. The van der Waals surface area contributed by atoms with Crippen LogP contribution in [0.3, 0.4) is 0 Å². The third kappa shape index (κ3) is 3.05. The number of nitriles is 1. The zero-order chi connectivity index (χ0) is 14.5. The molecule has 0 bridgehead atoms. The molecule has 0 aliphatic heterocycles. The van der Waals surface area contributed by atoms with Crippen LogP contribution in [-0.4, -0.2) is 4.92 Å². The molecule has 0 aromatic heterocycles. The second kappa shape index (κ2) is 6.04. The van der Waals surface area contributed by atoms with Gasteiger partial charge in [0.2, 0.25) is 5.75 Å². The number of halogens is 1. The van der Waals surface area contributed by atoms with Gasteiger partial charge in [-0.1, -0.05) is 12.1 Å². The molecule has 100 valence electrons. The van der Waals surface area contributed by atoms with E-state index >= 15 is 0 Å². The fraction of sp³-hybridized carbons (Fsp3) is 0.0714. The number of hydrogen-bond donors (Lipinski definition) is 0. The molecule has 0 unspecified atom stereocenters. The van der Waals surface area contributed by atoms with Crippen LogP contribution in [-0.2, 0) is 5.88 Å². The summed E-state index contributed by atoms with van der Waals surface area (Å²) in [6.07, 6.45) is 0. The van der Waals surface area contributed by atoms with E-state index in [0.717, 1.165) is 5.56 Å². The van der Waals surface area contributed by atoms with Crippen molar-refractivity contribution in [1.82, 2.24) is 0 Å². The Labute approximate surface area is 120 Å². The number of nitro groups is 1. The van der Waals surface area contributed by atoms with Crippen molar-refractivity contribution in [3.8, 4) is 17.6 Å². The highest BCUT2D eigenvalue weighted by Gasteiger charge is 2.16. The van der Waals surface area contributed by atoms with Gasteiger partial charge in [0.15, 0.2) is 0 Å². The standard InChI is InChI=1S/C14H9ClN2O3/c15-8-10-1-4-12(5-2-10)20-14-6-3-11(9-16)7-13(14)17(18)19/h1-7H,8H2. The summed E-state index contributed by atoms with van der Waals surface area (Å²) < 4.78 is 5.48. The van der Waals surface area contributed by atoms with E-state index in [0.29, 0.717) is 11.6 Å². The predicted octanol–water partition coefficient (Wildman–Crippen LogP) is 4.00. The Morgan fingerprint density at radius 1 is 1.25 bits per heavy atom. The molecule has 2 aromatic carbocycles. The van der Waals surface area contributed by atoms with Crippen molar-refractivity contribution in [2.75, 3.05) is 0 Å². The van der Waals surface area contributed by atoms with E-state index in [9.17, 15) is 10.1 Å². The van der Waals surface area contributed by atoms with Crippen LogP contribution in [0.1, 0.15) is 11.1 Å². The molecular formula is C14H9ClN2O3. The molecule has 20 heavy (non-hydrogen) atoms. The average Bonchev–Trinajstić information content (AvgIpc) is 2.48. The molecule has 2 rings (SSSR count). The monoisotopic (exact) mass is 288 g/mol. The zero-order valence-corrected chi connectivity index (χ0v) is 11.0. The van der Waals surface area contributed by atoms with E-state index in [1.165, 1.54) is 18.2 Å². The van der Waals surface area contributed by atoms with Gasteiger partial charge in [-0.25, -0.2) is 0 Å². The van der Waals surface area contributed by atoms with Crippen LogP contribution in [0.25, 0.3) is 0 Å². The molecule has 0 heterocycles. The largest absolute Gasteiger partial charge is 0.450 e. The van der Waals surface area contributed by atoms with Gasteiger partial charge in [-0.3, -0.25) is 10.1 Å². The summed E-state index contributed by atoms with van der Waals surface area (Å²) in [6, 6.07) is 12.8. The van der Waals surface area contributed by atoms with Crippen molar-refractivity contribution in [3.05, 3.63) is 63.7 Å². The number of ether oxygens (including phenoxy) is 1. The van der Waals surface area contributed by atoms with Crippen LogP contribution < -0.4 is 4.74 Å². The quantitative estimate of drug-likeness (QED) is 0.484. The second-order valence-electron chi connectivity index (χ2n) is 3.93. The Morgan fingerprint density at radius 3 is 2.50 bits per heavy atom. The van der Waals surface area contributed by atoms with Crippen molar-refractivity contribution < 1.29 is 9.66 Å². The van der Waals surface area contributed by atoms with Gasteiger partial charge in [-0.15, -0.1) is 11.6 Å². The molecule has 0 spiro atoms. The smallest absolute Gasteiger partial charge is 0.312 e. The molecule has 2 aromatic rings. The highest BCUT2D eigenvalue weighted by molar-refractivity contribution is 6.17. The van der Waals surface area contributed by atoms with Gasteiger partial charge in [-0.05, 0) is 29.8 Å².